The van der Waals surface area contributed by atoms with Gasteiger partial charge in [-0.15, -0.1) is 0 Å². The van der Waals surface area contributed by atoms with Crippen molar-refractivity contribution in [2.45, 2.75) is 32.2 Å². The number of rotatable bonds is 6. The fraction of sp³-hybridized carbons (Fsp3) is 0.462. The van der Waals surface area contributed by atoms with Crippen molar-refractivity contribution in [3.05, 3.63) is 35.6 Å². The number of hydrogen-bond donors (Lipinski definition) is 2. The molecule has 0 saturated carbocycles. The number of nitrogens with one attached hydrogen (secondary N) is 1. The molecule has 0 aliphatic rings. The zero-order chi connectivity index (χ0) is 12.7. The van der Waals surface area contributed by atoms with Gasteiger partial charge in [-0.3, -0.25) is 4.79 Å². The van der Waals surface area contributed by atoms with Gasteiger partial charge in [-0.1, -0.05) is 19.1 Å². The summed E-state index contributed by atoms with van der Waals surface area (Å²) in [5, 5.41) is 2.89. The van der Waals surface area contributed by atoms with Crippen molar-refractivity contribution in [2.24, 2.45) is 5.73 Å². The van der Waals surface area contributed by atoms with Crippen LogP contribution < -0.4 is 11.1 Å². The minimum Gasteiger partial charge on any atom is -0.353 e. The Morgan fingerprint density at radius 1 is 1.53 bits per heavy atom. The van der Waals surface area contributed by atoms with Crippen molar-refractivity contribution in [3.8, 4) is 0 Å². The first-order chi connectivity index (χ1) is 8.15. The van der Waals surface area contributed by atoms with Gasteiger partial charge >= 0.3 is 0 Å². The molecule has 1 atom stereocenters. The molecule has 0 fully saturated rings. The Hall–Kier alpha value is -1.42. The molecule has 0 spiro atoms. The third kappa shape index (κ3) is 4.95. The van der Waals surface area contributed by atoms with E-state index in [4.69, 9.17) is 5.73 Å². The van der Waals surface area contributed by atoms with Crippen LogP contribution in [0.4, 0.5) is 4.39 Å². The highest BCUT2D eigenvalue weighted by Crippen LogP contribution is 2.05. The summed E-state index contributed by atoms with van der Waals surface area (Å²) in [4.78, 5) is 11.7. The Labute approximate surface area is 101 Å². The molecule has 1 amide bonds. The lowest BCUT2D eigenvalue weighted by atomic mass is 10.1. The van der Waals surface area contributed by atoms with Crippen LogP contribution in [0.3, 0.4) is 0 Å². The van der Waals surface area contributed by atoms with Gasteiger partial charge in [0.15, 0.2) is 0 Å². The van der Waals surface area contributed by atoms with Crippen molar-refractivity contribution in [3.63, 3.8) is 0 Å². The summed E-state index contributed by atoms with van der Waals surface area (Å²) in [5.74, 6) is -0.403. The van der Waals surface area contributed by atoms with E-state index in [2.05, 4.69) is 5.32 Å². The molecule has 1 rings (SSSR count). The predicted molar refractivity (Wildman–Crippen MR) is 66.0 cm³/mol. The Balaban J connectivity index is 2.49. The molecule has 4 heteroatoms. The van der Waals surface area contributed by atoms with Crippen molar-refractivity contribution in [2.75, 3.05) is 6.54 Å². The topological polar surface area (TPSA) is 55.1 Å². The van der Waals surface area contributed by atoms with Crippen molar-refractivity contribution in [1.29, 1.82) is 0 Å². The van der Waals surface area contributed by atoms with Gasteiger partial charge in [0.1, 0.15) is 5.82 Å². The third-order valence-electron chi connectivity index (χ3n) is 2.63. The third-order valence-corrected chi connectivity index (χ3v) is 2.63. The SMILES string of the molecule is CCC(CCN)NC(=O)Cc1cccc(F)c1. The van der Waals surface area contributed by atoms with Gasteiger partial charge in [-0.05, 0) is 37.1 Å². The van der Waals surface area contributed by atoms with Crippen LogP contribution in [0.5, 0.6) is 0 Å². The van der Waals surface area contributed by atoms with Crippen LogP contribution in [0.1, 0.15) is 25.3 Å². The van der Waals surface area contributed by atoms with E-state index in [-0.39, 0.29) is 24.2 Å². The van der Waals surface area contributed by atoms with Crippen LogP contribution >= 0.6 is 0 Å². The van der Waals surface area contributed by atoms with Gasteiger partial charge in [-0.2, -0.15) is 0 Å². The Kier molecular flexibility index (Phi) is 5.63. The minimum absolute atomic E-state index is 0.0871. The van der Waals surface area contributed by atoms with E-state index in [0.29, 0.717) is 12.1 Å². The summed E-state index contributed by atoms with van der Waals surface area (Å²) in [6.07, 6.45) is 1.83. The van der Waals surface area contributed by atoms with Gasteiger partial charge in [0, 0.05) is 6.04 Å². The van der Waals surface area contributed by atoms with E-state index >= 15 is 0 Å². The smallest absolute Gasteiger partial charge is 0.224 e. The first kappa shape index (κ1) is 13.6. The number of nitrogens with two attached hydrogens (primary N) is 1. The zero-order valence-corrected chi connectivity index (χ0v) is 10.1. The van der Waals surface area contributed by atoms with E-state index in [0.717, 1.165) is 12.8 Å². The molecule has 1 aromatic rings. The fourth-order valence-electron chi connectivity index (χ4n) is 1.69. The standard InChI is InChI=1S/C13H19FN2O/c1-2-12(6-7-15)16-13(17)9-10-4-3-5-11(14)8-10/h3-5,8,12H,2,6-7,9,15H2,1H3,(H,16,17). The molecule has 1 aromatic carbocycles. The lowest BCUT2D eigenvalue weighted by Crippen LogP contribution is -2.36. The van der Waals surface area contributed by atoms with Crippen LogP contribution in [0, 0.1) is 5.82 Å². The lowest BCUT2D eigenvalue weighted by molar-refractivity contribution is -0.121. The Bertz CT molecular complexity index is 368. The molecular weight excluding hydrogens is 219 g/mol. The summed E-state index contributed by atoms with van der Waals surface area (Å²) < 4.78 is 12.9. The van der Waals surface area contributed by atoms with Gasteiger partial charge < -0.3 is 11.1 Å². The number of halogens is 1. The Morgan fingerprint density at radius 3 is 2.88 bits per heavy atom. The second-order valence-electron chi connectivity index (χ2n) is 4.06. The van der Waals surface area contributed by atoms with Gasteiger partial charge in [0.05, 0.1) is 6.42 Å². The van der Waals surface area contributed by atoms with E-state index in [1.165, 1.54) is 12.1 Å². The molecule has 0 aliphatic carbocycles. The first-order valence-corrected chi connectivity index (χ1v) is 5.89. The maximum Gasteiger partial charge on any atom is 0.224 e. The molecule has 0 bridgehead atoms. The van der Waals surface area contributed by atoms with Gasteiger partial charge in [-0.25, -0.2) is 4.39 Å². The average Bonchev–Trinajstić information content (AvgIpc) is 2.28. The van der Waals surface area contributed by atoms with Crippen molar-refractivity contribution >= 4 is 5.91 Å². The second kappa shape index (κ2) is 7.01. The summed E-state index contributed by atoms with van der Waals surface area (Å²) >= 11 is 0. The first-order valence-electron chi connectivity index (χ1n) is 5.89. The highest BCUT2D eigenvalue weighted by molar-refractivity contribution is 5.78. The van der Waals surface area contributed by atoms with Crippen LogP contribution in [0.2, 0.25) is 0 Å². The molecule has 0 radical (unpaired) electrons. The second-order valence-corrected chi connectivity index (χ2v) is 4.06. The summed E-state index contributed by atoms with van der Waals surface area (Å²) in [6, 6.07) is 6.21. The van der Waals surface area contributed by atoms with Gasteiger partial charge in [0.2, 0.25) is 5.91 Å². The zero-order valence-electron chi connectivity index (χ0n) is 10.1. The number of benzene rings is 1. The number of carbonyl (C=O) groups excluding carboxylic acids is 1. The van der Waals surface area contributed by atoms with Crippen molar-refractivity contribution < 1.29 is 9.18 Å². The molecule has 0 saturated heterocycles. The molecule has 1 unspecified atom stereocenters. The monoisotopic (exact) mass is 238 g/mol. The van der Waals surface area contributed by atoms with Crippen LogP contribution in [-0.4, -0.2) is 18.5 Å². The molecule has 17 heavy (non-hydrogen) atoms. The predicted octanol–water partition coefficient (Wildman–Crippen LogP) is 1.61. The number of amides is 1. The van der Waals surface area contributed by atoms with E-state index in [1.54, 1.807) is 12.1 Å². The molecule has 0 heterocycles. The van der Waals surface area contributed by atoms with Gasteiger partial charge in [0.25, 0.3) is 0 Å². The average molecular weight is 238 g/mol. The largest absolute Gasteiger partial charge is 0.353 e. The fourth-order valence-corrected chi connectivity index (χ4v) is 1.69. The lowest BCUT2D eigenvalue weighted by Gasteiger charge is -2.15. The van der Waals surface area contributed by atoms with E-state index in [9.17, 15) is 9.18 Å². The maximum absolute atomic E-state index is 12.9. The normalized spacial score (nSPS) is 12.2. The highest BCUT2D eigenvalue weighted by atomic mass is 19.1. The molecule has 0 aliphatic heterocycles. The quantitative estimate of drug-likeness (QED) is 0.791. The van der Waals surface area contributed by atoms with Crippen LogP contribution in [0.15, 0.2) is 24.3 Å². The van der Waals surface area contributed by atoms with Crippen molar-refractivity contribution in [1.82, 2.24) is 5.32 Å². The highest BCUT2D eigenvalue weighted by Gasteiger charge is 2.10. The molecule has 0 aromatic heterocycles. The van der Waals surface area contributed by atoms with Crippen LogP contribution in [0.25, 0.3) is 0 Å². The van der Waals surface area contributed by atoms with E-state index < -0.39 is 0 Å². The minimum atomic E-state index is -0.315. The number of carbonyl (C=O) groups is 1. The molecule has 3 N–H and O–H groups in total. The Morgan fingerprint density at radius 2 is 2.29 bits per heavy atom. The summed E-state index contributed by atoms with van der Waals surface area (Å²) in [6.45, 7) is 2.56. The maximum atomic E-state index is 12.9. The summed E-state index contributed by atoms with van der Waals surface area (Å²) in [7, 11) is 0. The molecule has 94 valence electrons. The van der Waals surface area contributed by atoms with Crippen LogP contribution in [-0.2, 0) is 11.2 Å². The molecule has 3 nitrogen and oxygen atoms in total. The summed E-state index contributed by atoms with van der Waals surface area (Å²) in [5.41, 5.74) is 6.14. The number of hydrogen-bond acceptors (Lipinski definition) is 2. The van der Waals surface area contributed by atoms with E-state index in [1.807, 2.05) is 6.92 Å². The molecular formula is C13H19FN2O.